The molecule has 7 heteroatoms. The fraction of sp³-hybridized carbons (Fsp3) is 0.400. The second-order valence-electron chi connectivity index (χ2n) is 6.57. The van der Waals surface area contributed by atoms with Crippen LogP contribution in [0.25, 0.3) is 0 Å². The van der Waals surface area contributed by atoms with Gasteiger partial charge in [-0.1, -0.05) is 12.1 Å². The molecule has 0 amide bonds. The Morgan fingerprint density at radius 2 is 1.67 bits per heavy atom. The molecular formula is C20H24O7. The summed E-state index contributed by atoms with van der Waals surface area (Å²) < 4.78 is 16.1. The lowest BCUT2D eigenvalue weighted by molar-refractivity contribution is 0.0632. The van der Waals surface area contributed by atoms with Crippen molar-refractivity contribution in [3.8, 4) is 23.0 Å². The lowest BCUT2D eigenvalue weighted by Gasteiger charge is -2.25. The molecule has 0 unspecified atom stereocenters. The molecule has 0 spiro atoms. The van der Waals surface area contributed by atoms with Crippen LogP contribution in [0.1, 0.15) is 23.3 Å². The number of hydrogen-bond acceptors (Lipinski definition) is 7. The van der Waals surface area contributed by atoms with Crippen LogP contribution in [0.5, 0.6) is 23.0 Å². The van der Waals surface area contributed by atoms with E-state index in [0.29, 0.717) is 11.3 Å². The van der Waals surface area contributed by atoms with E-state index in [-0.39, 0.29) is 42.3 Å². The zero-order valence-corrected chi connectivity index (χ0v) is 15.2. The summed E-state index contributed by atoms with van der Waals surface area (Å²) in [5.74, 6) is -0.106. The Bertz CT molecular complexity index is 792. The number of ether oxygens (including phenoxy) is 3. The first-order valence-electron chi connectivity index (χ1n) is 8.64. The zero-order chi connectivity index (χ0) is 19.6. The van der Waals surface area contributed by atoms with Crippen molar-refractivity contribution in [3.05, 3.63) is 47.5 Å². The van der Waals surface area contributed by atoms with Crippen molar-refractivity contribution in [2.45, 2.75) is 12.2 Å². The van der Waals surface area contributed by atoms with Gasteiger partial charge >= 0.3 is 0 Å². The predicted molar refractivity (Wildman–Crippen MR) is 97.0 cm³/mol. The van der Waals surface area contributed by atoms with Crippen molar-refractivity contribution in [2.75, 3.05) is 27.4 Å². The van der Waals surface area contributed by atoms with E-state index < -0.39 is 12.2 Å². The molecule has 1 aliphatic heterocycles. The van der Waals surface area contributed by atoms with Crippen LogP contribution in [-0.2, 0) is 4.74 Å². The Hall–Kier alpha value is -2.48. The quantitative estimate of drug-likeness (QED) is 0.612. The third kappa shape index (κ3) is 3.66. The van der Waals surface area contributed by atoms with Gasteiger partial charge in [-0.25, -0.2) is 0 Å². The molecule has 0 aromatic heterocycles. The number of phenols is 2. The molecular weight excluding hydrogens is 352 g/mol. The highest BCUT2D eigenvalue weighted by molar-refractivity contribution is 5.44. The van der Waals surface area contributed by atoms with Crippen LogP contribution < -0.4 is 9.47 Å². The molecule has 1 aliphatic rings. The number of aromatic hydroxyl groups is 2. The molecule has 0 bridgehead atoms. The molecule has 3 rings (SSSR count). The first-order valence-corrected chi connectivity index (χ1v) is 8.64. The van der Waals surface area contributed by atoms with Crippen LogP contribution in [0.4, 0.5) is 0 Å². The van der Waals surface area contributed by atoms with Crippen molar-refractivity contribution < 1.29 is 34.6 Å². The van der Waals surface area contributed by atoms with Crippen molar-refractivity contribution in [1.82, 2.24) is 0 Å². The highest BCUT2D eigenvalue weighted by Crippen LogP contribution is 2.45. The van der Waals surface area contributed by atoms with Crippen LogP contribution in [-0.4, -0.2) is 47.9 Å². The van der Waals surface area contributed by atoms with Crippen LogP contribution in [0.3, 0.4) is 0 Å². The summed E-state index contributed by atoms with van der Waals surface area (Å²) in [6.07, 6.45) is -1.34. The SMILES string of the molecule is COc1cc([C@@H](O)[C@@H]2CO[C@H](c3ccc(O)c(OC)c3)[C@@H]2CO)ccc1O. The van der Waals surface area contributed by atoms with Crippen LogP contribution in [0.15, 0.2) is 36.4 Å². The standard InChI is InChI=1S/C20H24O7/c1-25-17-7-11(3-5-15(17)22)19(24)14-10-27-20(13(14)9-21)12-4-6-16(23)18(8-12)26-2/h3-8,13-14,19-24H,9-10H2,1-2H3/t13-,14-,19-,20-/m1/s1. The number of phenolic OH excluding ortho intramolecular Hbond substituents is 2. The number of aliphatic hydroxyl groups is 2. The normalized spacial score (nSPS) is 23.2. The maximum absolute atomic E-state index is 10.8. The lowest BCUT2D eigenvalue weighted by atomic mass is 9.82. The molecule has 4 atom stereocenters. The lowest BCUT2D eigenvalue weighted by Crippen LogP contribution is -2.25. The number of rotatable bonds is 6. The Labute approximate surface area is 157 Å². The van der Waals surface area contributed by atoms with Crippen molar-refractivity contribution in [1.29, 1.82) is 0 Å². The van der Waals surface area contributed by atoms with Gasteiger partial charge in [0.15, 0.2) is 23.0 Å². The van der Waals surface area contributed by atoms with E-state index in [0.717, 1.165) is 5.56 Å². The van der Waals surface area contributed by atoms with Gasteiger partial charge in [0.05, 0.1) is 33.0 Å². The second-order valence-corrected chi connectivity index (χ2v) is 6.57. The maximum Gasteiger partial charge on any atom is 0.160 e. The van der Waals surface area contributed by atoms with E-state index in [4.69, 9.17) is 14.2 Å². The summed E-state index contributed by atoms with van der Waals surface area (Å²) in [5, 5.41) is 40.3. The third-order valence-electron chi connectivity index (χ3n) is 5.10. The Morgan fingerprint density at radius 1 is 1.04 bits per heavy atom. The van der Waals surface area contributed by atoms with Gasteiger partial charge in [0.1, 0.15) is 0 Å². The third-order valence-corrected chi connectivity index (χ3v) is 5.10. The summed E-state index contributed by atoms with van der Waals surface area (Å²) in [6, 6.07) is 9.55. The molecule has 0 saturated carbocycles. The van der Waals surface area contributed by atoms with Gasteiger partial charge in [0.2, 0.25) is 0 Å². The minimum absolute atomic E-state index is 0.0103. The van der Waals surface area contributed by atoms with E-state index in [1.807, 2.05) is 0 Å². The van der Waals surface area contributed by atoms with Gasteiger partial charge in [0.25, 0.3) is 0 Å². The average molecular weight is 376 g/mol. The first kappa shape index (κ1) is 19.3. The van der Waals surface area contributed by atoms with Crippen molar-refractivity contribution >= 4 is 0 Å². The highest BCUT2D eigenvalue weighted by Gasteiger charge is 2.42. The molecule has 2 aromatic carbocycles. The fourth-order valence-corrected chi connectivity index (χ4v) is 3.58. The summed E-state index contributed by atoms with van der Waals surface area (Å²) in [4.78, 5) is 0. The Balaban J connectivity index is 1.86. The van der Waals surface area contributed by atoms with E-state index in [2.05, 4.69) is 0 Å². The average Bonchev–Trinajstić information content (AvgIpc) is 3.12. The Kier molecular flexibility index (Phi) is 5.74. The number of aliphatic hydroxyl groups excluding tert-OH is 2. The first-order chi connectivity index (χ1) is 13.0. The van der Waals surface area contributed by atoms with Crippen LogP contribution in [0, 0.1) is 11.8 Å². The van der Waals surface area contributed by atoms with Crippen molar-refractivity contribution in [3.63, 3.8) is 0 Å². The summed E-state index contributed by atoms with van der Waals surface area (Å²) in [6.45, 7) is 0.0776. The fourth-order valence-electron chi connectivity index (χ4n) is 3.58. The minimum atomic E-state index is -0.902. The topological polar surface area (TPSA) is 109 Å². The molecule has 0 radical (unpaired) electrons. The monoisotopic (exact) mass is 376 g/mol. The molecule has 1 saturated heterocycles. The Morgan fingerprint density at radius 3 is 2.30 bits per heavy atom. The molecule has 0 aliphatic carbocycles. The maximum atomic E-state index is 10.8. The van der Waals surface area contributed by atoms with Crippen LogP contribution in [0.2, 0.25) is 0 Å². The minimum Gasteiger partial charge on any atom is -0.504 e. The molecule has 27 heavy (non-hydrogen) atoms. The predicted octanol–water partition coefficient (Wildman–Crippen LogP) is 2.14. The van der Waals surface area contributed by atoms with E-state index in [1.54, 1.807) is 24.3 Å². The molecule has 2 aromatic rings. The van der Waals surface area contributed by atoms with Gasteiger partial charge in [0, 0.05) is 18.4 Å². The van der Waals surface area contributed by atoms with Gasteiger partial charge in [-0.15, -0.1) is 0 Å². The summed E-state index contributed by atoms with van der Waals surface area (Å²) in [5.41, 5.74) is 1.32. The van der Waals surface area contributed by atoms with Crippen LogP contribution >= 0.6 is 0 Å². The number of benzene rings is 2. The van der Waals surface area contributed by atoms with Gasteiger partial charge in [-0.05, 0) is 35.4 Å². The second kappa shape index (κ2) is 8.04. The summed E-state index contributed by atoms with van der Waals surface area (Å²) >= 11 is 0. The molecule has 4 N–H and O–H groups in total. The largest absolute Gasteiger partial charge is 0.504 e. The smallest absolute Gasteiger partial charge is 0.160 e. The van der Waals surface area contributed by atoms with E-state index in [9.17, 15) is 20.4 Å². The number of methoxy groups -OCH3 is 2. The van der Waals surface area contributed by atoms with Gasteiger partial charge in [-0.3, -0.25) is 0 Å². The highest BCUT2D eigenvalue weighted by atomic mass is 16.5. The molecule has 146 valence electrons. The van der Waals surface area contributed by atoms with Gasteiger partial charge in [-0.2, -0.15) is 0 Å². The zero-order valence-electron chi connectivity index (χ0n) is 15.2. The van der Waals surface area contributed by atoms with Gasteiger partial charge < -0.3 is 34.6 Å². The number of hydrogen-bond donors (Lipinski definition) is 4. The van der Waals surface area contributed by atoms with E-state index in [1.165, 1.54) is 26.4 Å². The summed E-state index contributed by atoms with van der Waals surface area (Å²) in [7, 11) is 2.90. The molecule has 1 fully saturated rings. The molecule has 1 heterocycles. The van der Waals surface area contributed by atoms with E-state index >= 15 is 0 Å². The molecule has 7 nitrogen and oxygen atoms in total. The van der Waals surface area contributed by atoms with Crippen molar-refractivity contribution in [2.24, 2.45) is 11.8 Å².